The Hall–Kier alpha value is -1.89. The maximum absolute atomic E-state index is 12.7. The van der Waals surface area contributed by atoms with Crippen LogP contribution in [0.25, 0.3) is 0 Å². The van der Waals surface area contributed by atoms with Crippen molar-refractivity contribution in [3.05, 3.63) is 29.8 Å². The highest BCUT2D eigenvalue weighted by atomic mass is 32.2. The summed E-state index contributed by atoms with van der Waals surface area (Å²) in [5, 5.41) is -0.296. The van der Waals surface area contributed by atoms with E-state index < -0.39 is 15.8 Å². The van der Waals surface area contributed by atoms with Crippen molar-refractivity contribution < 1.29 is 27.5 Å². The number of ether oxygens (including phenoxy) is 2. The van der Waals surface area contributed by atoms with Crippen molar-refractivity contribution in [1.82, 2.24) is 0 Å². The molecule has 1 aliphatic carbocycles. The van der Waals surface area contributed by atoms with Crippen molar-refractivity contribution in [3.8, 4) is 5.75 Å². The first-order chi connectivity index (χ1) is 13.7. The number of hydrogen-bond donors (Lipinski definition) is 0. The lowest BCUT2D eigenvalue weighted by molar-refractivity contribution is -0.142. The van der Waals surface area contributed by atoms with Gasteiger partial charge in [-0.3, -0.25) is 4.79 Å². The summed E-state index contributed by atoms with van der Waals surface area (Å²) in [5.74, 6) is 0.629. The molecule has 1 aromatic carbocycles. The quantitative estimate of drug-likeness (QED) is 0.535. The molecule has 1 aromatic rings. The van der Waals surface area contributed by atoms with Gasteiger partial charge in [-0.1, -0.05) is 19.1 Å². The first-order valence-corrected chi connectivity index (χ1v) is 12.0. The van der Waals surface area contributed by atoms with Gasteiger partial charge >= 0.3 is 5.97 Å². The zero-order valence-electron chi connectivity index (χ0n) is 17.6. The van der Waals surface area contributed by atoms with E-state index in [-0.39, 0.29) is 35.2 Å². The van der Waals surface area contributed by atoms with Gasteiger partial charge in [0.2, 0.25) is 0 Å². The maximum atomic E-state index is 12.7. The van der Waals surface area contributed by atoms with Gasteiger partial charge in [0.15, 0.2) is 16.4 Å². The van der Waals surface area contributed by atoms with Gasteiger partial charge in [-0.15, -0.1) is 0 Å². The van der Waals surface area contributed by atoms with E-state index in [1.165, 1.54) is 7.11 Å². The molecular formula is C22H32O6S. The minimum Gasteiger partial charge on any atom is -0.482 e. The van der Waals surface area contributed by atoms with Crippen molar-refractivity contribution in [2.45, 2.75) is 57.6 Å². The van der Waals surface area contributed by atoms with Crippen molar-refractivity contribution in [3.63, 3.8) is 0 Å². The van der Waals surface area contributed by atoms with E-state index in [1.807, 2.05) is 13.0 Å². The molecule has 1 aliphatic rings. The van der Waals surface area contributed by atoms with Crippen molar-refractivity contribution in [2.75, 3.05) is 19.5 Å². The molecule has 29 heavy (non-hydrogen) atoms. The number of esters is 1. The summed E-state index contributed by atoms with van der Waals surface area (Å²) in [5.41, 5.74) is 0.846. The Bertz CT molecular complexity index is 793. The van der Waals surface area contributed by atoms with E-state index in [0.717, 1.165) is 31.2 Å². The second-order valence-corrected chi connectivity index (χ2v) is 10.4. The lowest BCUT2D eigenvalue weighted by Crippen LogP contribution is -2.30. The van der Waals surface area contributed by atoms with E-state index in [2.05, 4.69) is 4.74 Å². The number of rotatable bonds is 10. The van der Waals surface area contributed by atoms with Gasteiger partial charge in [-0.25, -0.2) is 13.2 Å². The van der Waals surface area contributed by atoms with Crippen LogP contribution in [0, 0.1) is 11.8 Å². The second-order valence-electron chi connectivity index (χ2n) is 7.92. The molecule has 0 N–H and O–H groups in total. The third kappa shape index (κ3) is 7.14. The molecular weight excluding hydrogens is 392 g/mol. The predicted molar refractivity (Wildman–Crippen MR) is 112 cm³/mol. The molecule has 1 fully saturated rings. The third-order valence-corrected chi connectivity index (χ3v) is 8.31. The van der Waals surface area contributed by atoms with Gasteiger partial charge in [-0.05, 0) is 62.6 Å². The molecule has 0 aromatic heterocycles. The molecule has 1 atom stereocenters. The van der Waals surface area contributed by atoms with Gasteiger partial charge in [-0.2, -0.15) is 0 Å². The monoisotopic (exact) mass is 424 g/mol. The molecule has 0 aliphatic heterocycles. The van der Waals surface area contributed by atoms with Crippen molar-refractivity contribution in [2.24, 2.45) is 11.8 Å². The second kappa shape index (κ2) is 10.8. The fourth-order valence-corrected chi connectivity index (χ4v) is 5.52. The molecule has 6 nitrogen and oxygen atoms in total. The number of Topliss-reactive ketones (excluding diaryl/α,β-unsaturated/α-hetero) is 1. The summed E-state index contributed by atoms with van der Waals surface area (Å²) in [4.78, 5) is 23.9. The van der Waals surface area contributed by atoms with Crippen LogP contribution in [-0.2, 0) is 30.6 Å². The third-order valence-electron chi connectivity index (χ3n) is 5.82. The molecule has 2 rings (SSSR count). The minimum atomic E-state index is -3.05. The van der Waals surface area contributed by atoms with Gasteiger partial charge in [0.05, 0.1) is 18.1 Å². The fourth-order valence-electron chi connectivity index (χ4n) is 3.69. The molecule has 7 heteroatoms. The summed E-state index contributed by atoms with van der Waals surface area (Å²) >= 11 is 0. The lowest BCUT2D eigenvalue weighted by atomic mass is 9.79. The standard InChI is InChI=1S/C22H32O6S/c1-4-16(2)29(25,26)15-17-8-10-19(11-9-17)21(23)13-18-6-5-7-20(12-18)28-14-22(24)27-3/h5-7,12,16-17,19H,4,8-11,13-15H2,1-3H3. The van der Waals surface area contributed by atoms with Crippen LogP contribution in [0.1, 0.15) is 51.5 Å². The van der Waals surface area contributed by atoms with Crippen LogP contribution in [0.15, 0.2) is 24.3 Å². The van der Waals surface area contributed by atoms with Gasteiger partial charge in [0.25, 0.3) is 0 Å². The van der Waals surface area contributed by atoms with Gasteiger partial charge in [0, 0.05) is 12.3 Å². The van der Waals surface area contributed by atoms with Crippen LogP contribution in [-0.4, -0.2) is 44.9 Å². The number of sulfone groups is 1. The maximum Gasteiger partial charge on any atom is 0.343 e. The molecule has 1 saturated carbocycles. The SMILES string of the molecule is CCC(C)S(=O)(=O)CC1CCC(C(=O)Cc2cccc(OCC(=O)OC)c2)CC1. The van der Waals surface area contributed by atoms with E-state index >= 15 is 0 Å². The average Bonchev–Trinajstić information content (AvgIpc) is 2.71. The van der Waals surface area contributed by atoms with Crippen LogP contribution in [0.3, 0.4) is 0 Å². The molecule has 162 valence electrons. The Morgan fingerprint density at radius 1 is 1.17 bits per heavy atom. The smallest absolute Gasteiger partial charge is 0.343 e. The highest BCUT2D eigenvalue weighted by Gasteiger charge is 2.30. The molecule has 0 heterocycles. The summed E-state index contributed by atoms with van der Waals surface area (Å²) in [6.07, 6.45) is 4.02. The zero-order chi connectivity index (χ0) is 21.4. The topological polar surface area (TPSA) is 86.7 Å². The van der Waals surface area contributed by atoms with E-state index in [0.29, 0.717) is 18.6 Å². The number of carbonyl (C=O) groups is 2. The highest BCUT2D eigenvalue weighted by Crippen LogP contribution is 2.32. The number of ketones is 1. The van der Waals surface area contributed by atoms with Crippen LogP contribution in [0.2, 0.25) is 0 Å². The summed E-state index contributed by atoms with van der Waals surface area (Å²) in [7, 11) is -1.75. The zero-order valence-corrected chi connectivity index (χ0v) is 18.4. The van der Waals surface area contributed by atoms with E-state index in [4.69, 9.17) is 4.74 Å². The van der Waals surface area contributed by atoms with Gasteiger partial charge < -0.3 is 9.47 Å². The summed E-state index contributed by atoms with van der Waals surface area (Å²) in [6.45, 7) is 3.50. The van der Waals surface area contributed by atoms with Crippen molar-refractivity contribution >= 4 is 21.6 Å². The molecule has 0 radical (unpaired) electrons. The Morgan fingerprint density at radius 2 is 1.86 bits per heavy atom. The number of hydrogen-bond acceptors (Lipinski definition) is 6. The predicted octanol–water partition coefficient (Wildman–Crippen LogP) is 3.37. The first kappa shape index (κ1) is 23.4. The molecule has 0 bridgehead atoms. The van der Waals surface area contributed by atoms with E-state index in [1.54, 1.807) is 25.1 Å². The number of methoxy groups -OCH3 is 1. The van der Waals surface area contributed by atoms with Crippen LogP contribution < -0.4 is 4.74 Å². The van der Waals surface area contributed by atoms with Gasteiger partial charge in [0.1, 0.15) is 11.5 Å². The van der Waals surface area contributed by atoms with Crippen LogP contribution in [0.5, 0.6) is 5.75 Å². The van der Waals surface area contributed by atoms with E-state index in [9.17, 15) is 18.0 Å². The number of benzene rings is 1. The van der Waals surface area contributed by atoms with Crippen LogP contribution >= 0.6 is 0 Å². The lowest BCUT2D eigenvalue weighted by Gasteiger charge is -2.28. The Kier molecular flexibility index (Phi) is 8.68. The largest absolute Gasteiger partial charge is 0.482 e. The summed E-state index contributed by atoms with van der Waals surface area (Å²) < 4.78 is 34.6. The molecule has 0 saturated heterocycles. The Morgan fingerprint density at radius 3 is 2.48 bits per heavy atom. The molecule has 0 spiro atoms. The molecule has 0 amide bonds. The average molecular weight is 425 g/mol. The normalized spacial score (nSPS) is 20.7. The first-order valence-electron chi connectivity index (χ1n) is 10.3. The Labute approximate surface area is 173 Å². The fraction of sp³-hybridized carbons (Fsp3) is 0.636. The minimum absolute atomic E-state index is 0.0165. The Balaban J connectivity index is 1.85. The summed E-state index contributed by atoms with van der Waals surface area (Å²) in [6, 6.07) is 7.17. The van der Waals surface area contributed by atoms with Crippen molar-refractivity contribution in [1.29, 1.82) is 0 Å². The van der Waals surface area contributed by atoms with Crippen LogP contribution in [0.4, 0.5) is 0 Å². The molecule has 1 unspecified atom stereocenters. The highest BCUT2D eigenvalue weighted by molar-refractivity contribution is 7.92. The number of carbonyl (C=O) groups excluding carboxylic acids is 2.